The number of aliphatic imine (C=N–C) groups is 1. The number of hydrogen-bond acceptors (Lipinski definition) is 5. The van der Waals surface area contributed by atoms with E-state index in [2.05, 4.69) is 20.5 Å². The Balaban J connectivity index is 0.00000512. The normalized spacial score (nSPS) is 15.5. The van der Waals surface area contributed by atoms with Crippen LogP contribution in [-0.4, -0.2) is 69.9 Å². The van der Waals surface area contributed by atoms with Gasteiger partial charge in [0.05, 0.1) is 25.9 Å². The molecule has 0 saturated carbocycles. The molecule has 182 valence electrons. The third kappa shape index (κ3) is 10.9. The Morgan fingerprint density at radius 2 is 1.84 bits per heavy atom. The van der Waals surface area contributed by atoms with Gasteiger partial charge in [0, 0.05) is 39.6 Å². The number of carbonyl (C=O) groups excluding carboxylic acids is 1. The first-order chi connectivity index (χ1) is 15.1. The van der Waals surface area contributed by atoms with Crippen LogP contribution in [0.1, 0.15) is 50.6 Å². The topological polar surface area (TPSA) is 75.2 Å². The summed E-state index contributed by atoms with van der Waals surface area (Å²) < 4.78 is 23.8. The van der Waals surface area contributed by atoms with Gasteiger partial charge in [-0.05, 0) is 37.5 Å². The number of benzene rings is 1. The smallest absolute Gasteiger partial charge is 0.305 e. The molecule has 1 aromatic rings. The van der Waals surface area contributed by atoms with Gasteiger partial charge < -0.3 is 20.1 Å². The molecule has 1 aliphatic rings. The molecule has 1 heterocycles. The Labute approximate surface area is 208 Å². The molecule has 1 aromatic carbocycles. The van der Waals surface area contributed by atoms with Crippen molar-refractivity contribution < 1.29 is 18.7 Å². The van der Waals surface area contributed by atoms with Crippen LogP contribution in [0.15, 0.2) is 29.3 Å². The summed E-state index contributed by atoms with van der Waals surface area (Å²) in [6, 6.07) is 6.84. The summed E-state index contributed by atoms with van der Waals surface area (Å²) in [4.78, 5) is 18.0. The number of carbonyl (C=O) groups is 1. The maximum Gasteiger partial charge on any atom is 0.305 e. The number of ether oxygens (including phenoxy) is 2. The molecule has 0 bridgehead atoms. The van der Waals surface area contributed by atoms with Crippen molar-refractivity contribution in [3.63, 3.8) is 0 Å². The molecule has 1 saturated heterocycles. The lowest BCUT2D eigenvalue weighted by atomic mass is 10.0. The van der Waals surface area contributed by atoms with Gasteiger partial charge in [-0.3, -0.25) is 14.7 Å². The molecule has 7 nitrogen and oxygen atoms in total. The Hall–Kier alpha value is -1.46. The maximum atomic E-state index is 13.4. The molecular formula is C23H38FIN4O3. The molecule has 9 heteroatoms. The monoisotopic (exact) mass is 564 g/mol. The molecule has 0 spiro atoms. The molecule has 1 atom stereocenters. The third-order valence-corrected chi connectivity index (χ3v) is 5.33. The van der Waals surface area contributed by atoms with Gasteiger partial charge in [0.1, 0.15) is 5.82 Å². The van der Waals surface area contributed by atoms with Gasteiger partial charge in [-0.2, -0.15) is 0 Å². The molecule has 1 aliphatic heterocycles. The highest BCUT2D eigenvalue weighted by Crippen LogP contribution is 2.21. The molecule has 0 amide bonds. The fraction of sp³-hybridized carbons (Fsp3) is 0.652. The fourth-order valence-corrected chi connectivity index (χ4v) is 3.63. The first-order valence-electron chi connectivity index (χ1n) is 11.3. The summed E-state index contributed by atoms with van der Waals surface area (Å²) >= 11 is 0. The molecule has 1 fully saturated rings. The number of unbranched alkanes of at least 4 members (excludes halogenated alkanes) is 3. The summed E-state index contributed by atoms with van der Waals surface area (Å²) in [5.74, 6) is 0.422. The first-order valence-corrected chi connectivity index (χ1v) is 11.3. The highest BCUT2D eigenvalue weighted by Gasteiger charge is 2.23. The number of morpholine rings is 1. The predicted octanol–water partition coefficient (Wildman–Crippen LogP) is 3.50. The zero-order chi connectivity index (χ0) is 22.3. The second-order valence-electron chi connectivity index (χ2n) is 7.56. The average Bonchev–Trinajstić information content (AvgIpc) is 2.79. The minimum atomic E-state index is -0.225. The van der Waals surface area contributed by atoms with E-state index in [4.69, 9.17) is 9.47 Å². The standard InChI is InChI=1S/C23H37FN4O3.HI/c1-3-31-22(29)8-6-4-5-7-13-26-23(25-2)27-18-21(28-14-16-30-17-15-28)19-9-11-20(24)12-10-19;/h9-12,21H,3-8,13-18H2,1-2H3,(H2,25,26,27);1H. The summed E-state index contributed by atoms with van der Waals surface area (Å²) in [5.41, 5.74) is 1.08. The second-order valence-corrected chi connectivity index (χ2v) is 7.56. The van der Waals surface area contributed by atoms with Crippen LogP contribution < -0.4 is 10.6 Å². The number of nitrogens with zero attached hydrogens (tertiary/aromatic N) is 2. The average molecular weight is 564 g/mol. The van der Waals surface area contributed by atoms with Crippen LogP contribution in [0.2, 0.25) is 0 Å². The van der Waals surface area contributed by atoms with E-state index in [1.54, 1.807) is 7.05 Å². The van der Waals surface area contributed by atoms with Gasteiger partial charge in [-0.1, -0.05) is 25.0 Å². The maximum absolute atomic E-state index is 13.4. The minimum absolute atomic E-state index is 0. The van der Waals surface area contributed by atoms with E-state index in [-0.39, 0.29) is 41.8 Å². The summed E-state index contributed by atoms with van der Waals surface area (Å²) in [6.45, 7) is 6.88. The zero-order valence-corrected chi connectivity index (χ0v) is 21.6. The molecular weight excluding hydrogens is 526 g/mol. The highest BCUT2D eigenvalue weighted by atomic mass is 127. The summed E-state index contributed by atoms with van der Waals surface area (Å²) in [6.07, 6.45) is 4.43. The number of guanidine groups is 1. The molecule has 1 unspecified atom stereocenters. The van der Waals surface area contributed by atoms with Crippen LogP contribution in [0.3, 0.4) is 0 Å². The lowest BCUT2D eigenvalue weighted by Crippen LogP contribution is -2.46. The predicted molar refractivity (Wildman–Crippen MR) is 136 cm³/mol. The largest absolute Gasteiger partial charge is 0.466 e. The molecule has 0 aromatic heterocycles. The van der Waals surface area contributed by atoms with Gasteiger partial charge in [0.25, 0.3) is 0 Å². The Morgan fingerprint density at radius 1 is 1.16 bits per heavy atom. The van der Waals surface area contributed by atoms with Crippen LogP contribution in [-0.2, 0) is 14.3 Å². The van der Waals surface area contributed by atoms with E-state index in [1.165, 1.54) is 12.1 Å². The van der Waals surface area contributed by atoms with Crippen molar-refractivity contribution in [1.29, 1.82) is 0 Å². The second kappa shape index (κ2) is 17.1. The Bertz CT molecular complexity index is 670. The fourth-order valence-electron chi connectivity index (χ4n) is 3.63. The molecule has 0 aliphatic carbocycles. The quantitative estimate of drug-likeness (QED) is 0.133. The van der Waals surface area contributed by atoms with E-state index in [0.29, 0.717) is 32.8 Å². The lowest BCUT2D eigenvalue weighted by Gasteiger charge is -2.35. The van der Waals surface area contributed by atoms with Gasteiger partial charge in [0.15, 0.2) is 5.96 Å². The van der Waals surface area contributed by atoms with Gasteiger partial charge in [-0.15, -0.1) is 24.0 Å². The number of halogens is 2. The number of hydrogen-bond donors (Lipinski definition) is 2. The van der Waals surface area contributed by atoms with Crippen LogP contribution in [0.4, 0.5) is 4.39 Å². The number of rotatable bonds is 12. The van der Waals surface area contributed by atoms with Crippen molar-refractivity contribution in [3.05, 3.63) is 35.6 Å². The van der Waals surface area contributed by atoms with Crippen LogP contribution in [0, 0.1) is 5.82 Å². The first kappa shape index (κ1) is 28.6. The highest BCUT2D eigenvalue weighted by molar-refractivity contribution is 14.0. The van der Waals surface area contributed by atoms with E-state index in [9.17, 15) is 9.18 Å². The zero-order valence-electron chi connectivity index (χ0n) is 19.3. The Kier molecular flexibility index (Phi) is 15.2. The lowest BCUT2D eigenvalue weighted by molar-refractivity contribution is -0.143. The summed E-state index contributed by atoms with van der Waals surface area (Å²) in [5, 5.41) is 6.76. The van der Waals surface area contributed by atoms with Gasteiger partial charge in [0.2, 0.25) is 0 Å². The SMILES string of the molecule is CCOC(=O)CCCCCCNC(=NC)NCC(c1ccc(F)cc1)N1CCOCC1.I. The number of esters is 1. The Morgan fingerprint density at radius 3 is 2.50 bits per heavy atom. The van der Waals surface area contributed by atoms with Crippen LogP contribution in [0.25, 0.3) is 0 Å². The molecule has 2 N–H and O–H groups in total. The molecule has 32 heavy (non-hydrogen) atoms. The number of nitrogens with one attached hydrogen (secondary N) is 2. The minimum Gasteiger partial charge on any atom is -0.466 e. The van der Waals surface area contributed by atoms with Gasteiger partial charge in [-0.25, -0.2) is 4.39 Å². The molecule has 2 rings (SSSR count). The third-order valence-electron chi connectivity index (χ3n) is 5.33. The van der Waals surface area contributed by atoms with Crippen molar-refractivity contribution in [2.75, 3.05) is 53.0 Å². The summed E-state index contributed by atoms with van der Waals surface area (Å²) in [7, 11) is 1.76. The van der Waals surface area contributed by atoms with Crippen molar-refractivity contribution in [2.24, 2.45) is 4.99 Å². The van der Waals surface area contributed by atoms with Crippen LogP contribution >= 0.6 is 24.0 Å². The van der Waals surface area contributed by atoms with Crippen molar-refractivity contribution >= 4 is 35.9 Å². The van der Waals surface area contributed by atoms with Gasteiger partial charge >= 0.3 is 5.97 Å². The van der Waals surface area contributed by atoms with Crippen molar-refractivity contribution in [1.82, 2.24) is 15.5 Å². The van der Waals surface area contributed by atoms with E-state index < -0.39 is 0 Å². The van der Waals surface area contributed by atoms with E-state index in [0.717, 1.165) is 56.8 Å². The van der Waals surface area contributed by atoms with Crippen molar-refractivity contribution in [3.8, 4) is 0 Å². The molecule has 0 radical (unpaired) electrons. The van der Waals surface area contributed by atoms with Crippen molar-refractivity contribution in [2.45, 2.75) is 45.1 Å². The van der Waals surface area contributed by atoms with E-state index in [1.807, 2.05) is 19.1 Å². The van der Waals surface area contributed by atoms with E-state index >= 15 is 0 Å². The van der Waals surface area contributed by atoms with Crippen LogP contribution in [0.5, 0.6) is 0 Å².